The molecule has 0 aliphatic carbocycles. The number of hydrogen-bond acceptors (Lipinski definition) is 4. The SMILES string of the molecule is CC(C)C(C)(O)CNS(=O)(=O)c1sccc1Br. The highest BCUT2D eigenvalue weighted by Gasteiger charge is 2.28. The van der Waals surface area contributed by atoms with E-state index in [9.17, 15) is 13.5 Å². The van der Waals surface area contributed by atoms with Crippen LogP contribution in [0.15, 0.2) is 20.1 Å². The zero-order chi connectivity index (χ0) is 13.3. The number of hydrogen-bond donors (Lipinski definition) is 2. The Kier molecular flexibility index (Phi) is 4.76. The highest BCUT2D eigenvalue weighted by molar-refractivity contribution is 9.10. The average Bonchev–Trinajstić information content (AvgIpc) is 2.62. The zero-order valence-electron chi connectivity index (χ0n) is 9.90. The Morgan fingerprint density at radius 3 is 2.59 bits per heavy atom. The molecule has 4 nitrogen and oxygen atoms in total. The van der Waals surface area contributed by atoms with Crippen molar-refractivity contribution in [3.05, 3.63) is 15.9 Å². The Hall–Kier alpha value is 0.0500. The van der Waals surface area contributed by atoms with Crippen LogP contribution in [0.4, 0.5) is 0 Å². The molecule has 17 heavy (non-hydrogen) atoms. The van der Waals surface area contributed by atoms with Crippen molar-refractivity contribution < 1.29 is 13.5 Å². The summed E-state index contributed by atoms with van der Waals surface area (Å²) in [7, 11) is -3.55. The van der Waals surface area contributed by atoms with Gasteiger partial charge in [-0.25, -0.2) is 13.1 Å². The minimum absolute atomic E-state index is 0.00264. The topological polar surface area (TPSA) is 66.4 Å². The molecule has 0 radical (unpaired) electrons. The highest BCUT2D eigenvalue weighted by atomic mass is 79.9. The van der Waals surface area contributed by atoms with Gasteiger partial charge in [0.15, 0.2) is 0 Å². The predicted molar refractivity (Wildman–Crippen MR) is 72.7 cm³/mol. The predicted octanol–water partition coefficient (Wildman–Crippen LogP) is 2.20. The normalized spacial score (nSPS) is 16.1. The minimum Gasteiger partial charge on any atom is -0.389 e. The van der Waals surface area contributed by atoms with Gasteiger partial charge in [0.2, 0.25) is 0 Å². The van der Waals surface area contributed by atoms with Gasteiger partial charge in [-0.05, 0) is 40.2 Å². The summed E-state index contributed by atoms with van der Waals surface area (Å²) >= 11 is 4.32. The van der Waals surface area contributed by atoms with E-state index in [-0.39, 0.29) is 16.7 Å². The number of nitrogens with one attached hydrogen (secondary N) is 1. The Labute approximate surface area is 114 Å². The summed E-state index contributed by atoms with van der Waals surface area (Å²) in [6.45, 7) is 5.30. The van der Waals surface area contributed by atoms with Crippen molar-refractivity contribution in [3.8, 4) is 0 Å². The zero-order valence-corrected chi connectivity index (χ0v) is 13.1. The molecule has 2 N–H and O–H groups in total. The van der Waals surface area contributed by atoms with Gasteiger partial charge in [-0.15, -0.1) is 11.3 Å². The average molecular weight is 342 g/mol. The van der Waals surface area contributed by atoms with Crippen molar-refractivity contribution in [2.24, 2.45) is 5.92 Å². The highest BCUT2D eigenvalue weighted by Crippen LogP contribution is 2.27. The van der Waals surface area contributed by atoms with E-state index in [4.69, 9.17) is 0 Å². The van der Waals surface area contributed by atoms with Crippen molar-refractivity contribution >= 4 is 37.3 Å². The summed E-state index contributed by atoms with van der Waals surface area (Å²) in [4.78, 5) is 0. The minimum atomic E-state index is -3.55. The number of aliphatic hydroxyl groups is 1. The van der Waals surface area contributed by atoms with Crippen molar-refractivity contribution in [1.82, 2.24) is 4.72 Å². The van der Waals surface area contributed by atoms with E-state index in [2.05, 4.69) is 20.7 Å². The molecule has 1 aromatic heterocycles. The Morgan fingerprint density at radius 2 is 2.18 bits per heavy atom. The second kappa shape index (κ2) is 5.36. The summed E-state index contributed by atoms with van der Waals surface area (Å²) in [5.74, 6) is -0.0306. The second-order valence-corrected chi connectivity index (χ2v) is 8.13. The largest absolute Gasteiger partial charge is 0.389 e. The number of halogens is 1. The van der Waals surface area contributed by atoms with E-state index in [1.165, 1.54) is 0 Å². The maximum Gasteiger partial charge on any atom is 0.251 e. The molecule has 0 aliphatic rings. The Morgan fingerprint density at radius 1 is 1.59 bits per heavy atom. The molecular weight excluding hydrogens is 326 g/mol. The van der Waals surface area contributed by atoms with E-state index in [0.29, 0.717) is 4.47 Å². The molecule has 1 aromatic rings. The number of thiophene rings is 1. The van der Waals surface area contributed by atoms with E-state index in [0.717, 1.165) is 11.3 Å². The van der Waals surface area contributed by atoms with Gasteiger partial charge in [-0.3, -0.25) is 0 Å². The van der Waals surface area contributed by atoms with Gasteiger partial charge in [-0.1, -0.05) is 13.8 Å². The van der Waals surface area contributed by atoms with E-state index in [1.54, 1.807) is 18.4 Å². The quantitative estimate of drug-likeness (QED) is 0.862. The lowest BCUT2D eigenvalue weighted by Crippen LogP contribution is -2.44. The summed E-state index contributed by atoms with van der Waals surface area (Å²) in [5.41, 5.74) is -1.06. The first kappa shape index (κ1) is 15.1. The van der Waals surface area contributed by atoms with Crippen LogP contribution in [0, 0.1) is 5.92 Å². The molecule has 0 amide bonds. The molecular formula is C10H16BrNO3S2. The van der Waals surface area contributed by atoms with Gasteiger partial charge in [0.05, 0.1) is 5.60 Å². The lowest BCUT2D eigenvalue weighted by molar-refractivity contribution is 0.0190. The van der Waals surface area contributed by atoms with Crippen LogP contribution in [-0.4, -0.2) is 25.7 Å². The van der Waals surface area contributed by atoms with Crippen molar-refractivity contribution in [2.45, 2.75) is 30.6 Å². The first-order valence-corrected chi connectivity index (χ1v) is 8.27. The number of rotatable bonds is 5. The molecule has 1 rings (SSSR count). The molecule has 0 aromatic carbocycles. The van der Waals surface area contributed by atoms with Crippen LogP contribution < -0.4 is 4.72 Å². The van der Waals surface area contributed by atoms with Crippen LogP contribution in [-0.2, 0) is 10.0 Å². The molecule has 0 bridgehead atoms. The third kappa shape index (κ3) is 3.75. The van der Waals surface area contributed by atoms with Crippen molar-refractivity contribution in [2.75, 3.05) is 6.54 Å². The lowest BCUT2D eigenvalue weighted by atomic mass is 9.93. The standard InChI is InChI=1S/C10H16BrNO3S2/c1-7(2)10(3,13)6-12-17(14,15)9-8(11)4-5-16-9/h4-5,7,12-13H,6H2,1-3H3. The molecule has 0 fully saturated rings. The molecule has 1 atom stereocenters. The monoisotopic (exact) mass is 341 g/mol. The first-order valence-electron chi connectivity index (χ1n) is 5.12. The fraction of sp³-hybridized carbons (Fsp3) is 0.600. The Bertz CT molecular complexity index is 479. The molecule has 0 aliphatic heterocycles. The molecule has 98 valence electrons. The van der Waals surface area contributed by atoms with Crippen LogP contribution in [0.3, 0.4) is 0 Å². The van der Waals surface area contributed by atoms with E-state index < -0.39 is 15.6 Å². The van der Waals surface area contributed by atoms with Gasteiger partial charge in [0.1, 0.15) is 4.21 Å². The molecule has 0 saturated heterocycles. The molecule has 0 saturated carbocycles. The third-order valence-corrected chi connectivity index (χ3v) is 6.76. The van der Waals surface area contributed by atoms with Crippen LogP contribution in [0.25, 0.3) is 0 Å². The summed E-state index contributed by atoms with van der Waals surface area (Å²) in [6, 6.07) is 1.68. The first-order chi connectivity index (χ1) is 7.67. The number of sulfonamides is 1. The van der Waals surface area contributed by atoms with Crippen LogP contribution in [0.2, 0.25) is 0 Å². The maximum atomic E-state index is 11.9. The molecule has 7 heteroatoms. The summed E-state index contributed by atoms with van der Waals surface area (Å²) in [6.07, 6.45) is 0. The molecule has 1 unspecified atom stereocenters. The molecule has 0 spiro atoms. The Balaban J connectivity index is 2.80. The van der Waals surface area contributed by atoms with Gasteiger partial charge in [0, 0.05) is 11.0 Å². The van der Waals surface area contributed by atoms with E-state index in [1.807, 2.05) is 13.8 Å². The fourth-order valence-electron chi connectivity index (χ4n) is 0.982. The third-order valence-electron chi connectivity index (χ3n) is 2.69. The van der Waals surface area contributed by atoms with E-state index >= 15 is 0 Å². The van der Waals surface area contributed by atoms with Crippen LogP contribution >= 0.6 is 27.3 Å². The van der Waals surface area contributed by atoms with Crippen LogP contribution in [0.5, 0.6) is 0 Å². The van der Waals surface area contributed by atoms with Crippen LogP contribution in [0.1, 0.15) is 20.8 Å². The van der Waals surface area contributed by atoms with Gasteiger partial charge in [0.25, 0.3) is 10.0 Å². The van der Waals surface area contributed by atoms with Crippen molar-refractivity contribution in [3.63, 3.8) is 0 Å². The molecule has 1 heterocycles. The summed E-state index contributed by atoms with van der Waals surface area (Å²) < 4.78 is 27.1. The fourth-order valence-corrected chi connectivity index (χ4v) is 4.51. The summed E-state index contributed by atoms with van der Waals surface area (Å²) in [5, 5.41) is 11.7. The smallest absolute Gasteiger partial charge is 0.251 e. The van der Waals surface area contributed by atoms with Crippen molar-refractivity contribution in [1.29, 1.82) is 0 Å². The lowest BCUT2D eigenvalue weighted by Gasteiger charge is -2.27. The van der Waals surface area contributed by atoms with Gasteiger partial charge >= 0.3 is 0 Å². The van der Waals surface area contributed by atoms with Gasteiger partial charge in [-0.2, -0.15) is 0 Å². The van der Waals surface area contributed by atoms with Gasteiger partial charge < -0.3 is 5.11 Å². The second-order valence-electron chi connectivity index (χ2n) is 4.39. The maximum absolute atomic E-state index is 11.9.